The van der Waals surface area contributed by atoms with Gasteiger partial charge in [0.1, 0.15) is 5.82 Å². The molecule has 0 radical (unpaired) electrons. The summed E-state index contributed by atoms with van der Waals surface area (Å²) in [6.07, 6.45) is 2.39. The summed E-state index contributed by atoms with van der Waals surface area (Å²) in [4.78, 5) is 6.41. The average molecular weight is 326 g/mol. The Labute approximate surface area is 138 Å². The summed E-state index contributed by atoms with van der Waals surface area (Å²) >= 11 is 0. The van der Waals surface area contributed by atoms with Gasteiger partial charge in [0.15, 0.2) is 17.3 Å². The monoisotopic (exact) mass is 326 g/mol. The lowest BCUT2D eigenvalue weighted by Crippen LogP contribution is -2.50. The van der Waals surface area contributed by atoms with Crippen LogP contribution in [0, 0.1) is 12.8 Å². The van der Waals surface area contributed by atoms with E-state index in [0.29, 0.717) is 23.7 Å². The largest absolute Gasteiger partial charge is 0.354 e. The molecule has 124 valence electrons. The fourth-order valence-corrected chi connectivity index (χ4v) is 3.05. The normalized spacial score (nSPS) is 18.1. The highest BCUT2D eigenvalue weighted by Crippen LogP contribution is 2.38. The predicted molar refractivity (Wildman–Crippen MR) is 86.0 cm³/mol. The smallest absolute Gasteiger partial charge is 0.321 e. The number of hydrogen-bond donors (Lipinski definition) is 1. The van der Waals surface area contributed by atoms with Crippen molar-refractivity contribution in [1.82, 2.24) is 30.0 Å². The summed E-state index contributed by atoms with van der Waals surface area (Å²) in [6, 6.07) is 4.50. The standard InChI is InChI=1S/C15H18N8O/c1-9-17-15(24-21-9)16-6-10-7-22(8-10)13-5-4-12-18-19-14(11-2-3-11)23(12)20-13/h4-5,10-11H,2-3,6-8H2,1H3,(H,16,17,21). The van der Waals surface area contributed by atoms with Crippen molar-refractivity contribution < 1.29 is 4.52 Å². The van der Waals surface area contributed by atoms with Crippen molar-refractivity contribution in [3.63, 3.8) is 0 Å². The SMILES string of the molecule is Cc1noc(NCC2CN(c3ccc4nnc(C5CC5)n4n3)C2)n1. The van der Waals surface area contributed by atoms with Gasteiger partial charge in [-0.3, -0.25) is 0 Å². The second-order valence-electron chi connectivity index (χ2n) is 6.59. The number of fused-ring (bicyclic) bond motifs is 1. The van der Waals surface area contributed by atoms with Crippen LogP contribution < -0.4 is 10.2 Å². The molecule has 1 saturated carbocycles. The average Bonchev–Trinajstić information content (AvgIpc) is 3.16. The number of hydrogen-bond acceptors (Lipinski definition) is 8. The maximum atomic E-state index is 5.06. The van der Waals surface area contributed by atoms with Crippen LogP contribution in [0.4, 0.5) is 11.8 Å². The molecule has 0 aromatic carbocycles. The molecule has 9 heteroatoms. The molecule has 0 spiro atoms. The van der Waals surface area contributed by atoms with Crippen molar-refractivity contribution in [3.05, 3.63) is 23.8 Å². The van der Waals surface area contributed by atoms with Crippen molar-refractivity contribution >= 4 is 17.5 Å². The molecule has 0 atom stereocenters. The molecule has 1 aliphatic carbocycles. The fraction of sp³-hybridized carbons (Fsp3) is 0.533. The molecule has 1 aliphatic heterocycles. The van der Waals surface area contributed by atoms with Crippen molar-refractivity contribution in [2.75, 3.05) is 29.9 Å². The van der Waals surface area contributed by atoms with Gasteiger partial charge in [0.05, 0.1) is 0 Å². The van der Waals surface area contributed by atoms with Gasteiger partial charge in [0.2, 0.25) is 0 Å². The minimum Gasteiger partial charge on any atom is -0.354 e. The van der Waals surface area contributed by atoms with Crippen LogP contribution in [0.2, 0.25) is 0 Å². The van der Waals surface area contributed by atoms with E-state index in [0.717, 1.165) is 36.9 Å². The van der Waals surface area contributed by atoms with Crippen LogP contribution in [0.3, 0.4) is 0 Å². The van der Waals surface area contributed by atoms with E-state index in [-0.39, 0.29) is 0 Å². The quantitative estimate of drug-likeness (QED) is 0.748. The maximum Gasteiger partial charge on any atom is 0.321 e. The minimum atomic E-state index is 0.490. The highest BCUT2D eigenvalue weighted by atomic mass is 16.5. The van der Waals surface area contributed by atoms with E-state index >= 15 is 0 Å². The molecule has 5 rings (SSSR count). The van der Waals surface area contributed by atoms with Crippen LogP contribution in [0.1, 0.15) is 30.4 Å². The van der Waals surface area contributed by atoms with E-state index in [1.54, 1.807) is 0 Å². The summed E-state index contributed by atoms with van der Waals surface area (Å²) < 4.78 is 6.96. The Morgan fingerprint density at radius 3 is 2.88 bits per heavy atom. The van der Waals surface area contributed by atoms with Gasteiger partial charge in [-0.15, -0.1) is 15.3 Å². The topological polar surface area (TPSA) is 97.3 Å². The molecule has 4 heterocycles. The first-order valence-corrected chi connectivity index (χ1v) is 8.28. The predicted octanol–water partition coefficient (Wildman–Crippen LogP) is 1.24. The summed E-state index contributed by atoms with van der Waals surface area (Å²) in [5.41, 5.74) is 0.825. The van der Waals surface area contributed by atoms with Crippen molar-refractivity contribution in [3.8, 4) is 0 Å². The Hall–Kier alpha value is -2.71. The highest BCUT2D eigenvalue weighted by Gasteiger charge is 2.31. The molecule has 1 N–H and O–H groups in total. The first kappa shape index (κ1) is 13.7. The molecule has 0 bridgehead atoms. The number of anilines is 2. The van der Waals surface area contributed by atoms with Crippen molar-refractivity contribution in [2.45, 2.75) is 25.7 Å². The lowest BCUT2D eigenvalue weighted by molar-refractivity contribution is 0.400. The summed E-state index contributed by atoms with van der Waals surface area (Å²) in [5, 5.41) is 20.2. The number of nitrogens with one attached hydrogen (secondary N) is 1. The van der Waals surface area contributed by atoms with Crippen molar-refractivity contribution in [1.29, 1.82) is 0 Å². The van der Waals surface area contributed by atoms with Gasteiger partial charge in [-0.2, -0.15) is 9.50 Å². The molecule has 1 saturated heterocycles. The van der Waals surface area contributed by atoms with Gasteiger partial charge in [0, 0.05) is 31.5 Å². The zero-order chi connectivity index (χ0) is 16.1. The second kappa shape index (κ2) is 5.15. The molecular weight excluding hydrogens is 308 g/mol. The van der Waals surface area contributed by atoms with Crippen LogP contribution in [-0.4, -0.2) is 49.6 Å². The van der Waals surface area contributed by atoms with E-state index in [4.69, 9.17) is 9.62 Å². The van der Waals surface area contributed by atoms with E-state index < -0.39 is 0 Å². The molecule has 0 unspecified atom stereocenters. The Morgan fingerprint density at radius 2 is 2.12 bits per heavy atom. The first-order chi connectivity index (χ1) is 11.8. The van der Waals surface area contributed by atoms with Crippen LogP contribution in [-0.2, 0) is 0 Å². The molecule has 3 aromatic rings. The van der Waals surface area contributed by atoms with Crippen LogP contribution >= 0.6 is 0 Å². The number of rotatable bonds is 5. The zero-order valence-electron chi connectivity index (χ0n) is 13.4. The first-order valence-electron chi connectivity index (χ1n) is 8.28. The molecule has 9 nitrogen and oxygen atoms in total. The molecule has 2 fully saturated rings. The minimum absolute atomic E-state index is 0.490. The Balaban J connectivity index is 1.24. The van der Waals surface area contributed by atoms with E-state index in [2.05, 4.69) is 30.6 Å². The fourth-order valence-electron chi connectivity index (χ4n) is 3.05. The van der Waals surface area contributed by atoms with Crippen molar-refractivity contribution in [2.24, 2.45) is 5.92 Å². The van der Waals surface area contributed by atoms with Crippen LogP contribution in [0.15, 0.2) is 16.7 Å². The molecular formula is C15H18N8O. The molecule has 0 amide bonds. The second-order valence-corrected chi connectivity index (χ2v) is 6.59. The number of nitrogens with zero attached hydrogens (tertiary/aromatic N) is 7. The van der Waals surface area contributed by atoms with Gasteiger partial charge < -0.3 is 14.7 Å². The summed E-state index contributed by atoms with van der Waals surface area (Å²) in [6.45, 7) is 4.54. The number of aryl methyl sites for hydroxylation is 1. The Bertz CT molecular complexity index is 877. The molecule has 24 heavy (non-hydrogen) atoms. The zero-order valence-corrected chi connectivity index (χ0v) is 13.4. The molecule has 3 aromatic heterocycles. The van der Waals surface area contributed by atoms with E-state index in [1.165, 1.54) is 12.8 Å². The Kier molecular flexibility index (Phi) is 2.94. The van der Waals surface area contributed by atoms with Crippen LogP contribution in [0.5, 0.6) is 0 Å². The van der Waals surface area contributed by atoms with E-state index in [9.17, 15) is 0 Å². The Morgan fingerprint density at radius 1 is 1.25 bits per heavy atom. The third kappa shape index (κ3) is 2.36. The third-order valence-electron chi connectivity index (χ3n) is 4.57. The van der Waals surface area contributed by atoms with Crippen LogP contribution in [0.25, 0.3) is 5.65 Å². The van der Waals surface area contributed by atoms with Gasteiger partial charge in [-0.05, 0) is 31.9 Å². The lowest BCUT2D eigenvalue weighted by atomic mass is 10.0. The highest BCUT2D eigenvalue weighted by molar-refractivity contribution is 5.48. The summed E-state index contributed by atoms with van der Waals surface area (Å²) in [5.74, 6) is 3.70. The lowest BCUT2D eigenvalue weighted by Gasteiger charge is -2.39. The van der Waals surface area contributed by atoms with E-state index in [1.807, 2.05) is 23.6 Å². The van der Waals surface area contributed by atoms with Gasteiger partial charge in [-0.1, -0.05) is 5.16 Å². The van der Waals surface area contributed by atoms with Gasteiger partial charge >= 0.3 is 6.01 Å². The van der Waals surface area contributed by atoms with Gasteiger partial charge in [-0.25, -0.2) is 0 Å². The third-order valence-corrected chi connectivity index (χ3v) is 4.57. The summed E-state index contributed by atoms with van der Waals surface area (Å²) in [7, 11) is 0. The number of aromatic nitrogens is 6. The van der Waals surface area contributed by atoms with Gasteiger partial charge in [0.25, 0.3) is 0 Å². The molecule has 2 aliphatic rings. The maximum absolute atomic E-state index is 5.06.